The molecule has 0 aliphatic heterocycles. The molecule has 0 radical (unpaired) electrons. The molecule has 0 fully saturated rings. The van der Waals surface area contributed by atoms with Gasteiger partial charge in [-0.25, -0.2) is 9.89 Å². The highest BCUT2D eigenvalue weighted by Gasteiger charge is 2.12. The third-order valence-corrected chi connectivity index (χ3v) is 4.21. The maximum Gasteiger partial charge on any atom is 0.343 e. The molecule has 1 aromatic heterocycles. The van der Waals surface area contributed by atoms with Gasteiger partial charge in [0.25, 0.3) is 0 Å². The van der Waals surface area contributed by atoms with Crippen molar-refractivity contribution in [2.45, 2.75) is 36.9 Å². The molecule has 0 unspecified atom stereocenters. The molecule has 20 heavy (non-hydrogen) atoms. The van der Waals surface area contributed by atoms with Crippen LogP contribution < -0.4 is 5.69 Å². The van der Waals surface area contributed by atoms with E-state index in [0.29, 0.717) is 22.3 Å². The molecule has 7 heteroatoms. The molecular formula is C13H14ClN3O2S. The van der Waals surface area contributed by atoms with Crippen LogP contribution in [0.1, 0.15) is 30.6 Å². The van der Waals surface area contributed by atoms with E-state index in [4.69, 9.17) is 11.6 Å². The quantitative estimate of drug-likeness (QED) is 0.862. The molecule has 5 nitrogen and oxygen atoms in total. The number of nitrogens with zero attached hydrogens (tertiary/aromatic N) is 2. The van der Waals surface area contributed by atoms with Crippen molar-refractivity contribution in [1.29, 1.82) is 0 Å². The minimum atomic E-state index is -0.231. The van der Waals surface area contributed by atoms with Gasteiger partial charge in [0, 0.05) is 17.0 Å². The van der Waals surface area contributed by atoms with Crippen molar-refractivity contribution in [3.63, 3.8) is 0 Å². The fourth-order valence-electron chi connectivity index (χ4n) is 1.70. The summed E-state index contributed by atoms with van der Waals surface area (Å²) < 4.78 is 1.57. The summed E-state index contributed by atoms with van der Waals surface area (Å²) in [5.41, 5.74) is 0.332. The number of hydrogen-bond donors (Lipinski definition) is 1. The van der Waals surface area contributed by atoms with Crippen LogP contribution >= 0.6 is 23.4 Å². The maximum absolute atomic E-state index is 11.6. The number of ketones is 1. The monoisotopic (exact) mass is 311 g/mol. The molecule has 0 amide bonds. The van der Waals surface area contributed by atoms with Gasteiger partial charge >= 0.3 is 5.69 Å². The van der Waals surface area contributed by atoms with Gasteiger partial charge in [-0.1, -0.05) is 24.6 Å². The standard InChI is InChI=1S/C13H14ClN3O2S/c1-3-6-17-12(19)15-16-13(17)20-11-5-4-9(8(2)18)7-10(11)14/h4-5,7H,3,6H2,1-2H3,(H,15,19). The second kappa shape index (κ2) is 6.28. The van der Waals surface area contributed by atoms with Crippen molar-refractivity contribution in [1.82, 2.24) is 14.8 Å². The lowest BCUT2D eigenvalue weighted by Crippen LogP contribution is -2.17. The van der Waals surface area contributed by atoms with Crippen LogP contribution in [0.3, 0.4) is 0 Å². The smallest absolute Gasteiger partial charge is 0.295 e. The van der Waals surface area contributed by atoms with Gasteiger partial charge in [-0.3, -0.25) is 9.36 Å². The Hall–Kier alpha value is -1.53. The first kappa shape index (κ1) is 14.9. The van der Waals surface area contributed by atoms with Crippen molar-refractivity contribution in [3.05, 3.63) is 39.3 Å². The molecule has 0 saturated carbocycles. The van der Waals surface area contributed by atoms with Crippen LogP contribution in [0.2, 0.25) is 5.02 Å². The number of H-pyrrole nitrogens is 1. The Morgan fingerprint density at radius 1 is 1.50 bits per heavy atom. The minimum Gasteiger partial charge on any atom is -0.295 e. The lowest BCUT2D eigenvalue weighted by Gasteiger charge is -2.06. The Kier molecular flexibility index (Phi) is 4.67. The average molecular weight is 312 g/mol. The van der Waals surface area contributed by atoms with E-state index >= 15 is 0 Å². The third kappa shape index (κ3) is 3.13. The highest BCUT2D eigenvalue weighted by atomic mass is 35.5. The number of halogens is 1. The molecule has 0 aliphatic carbocycles. The molecule has 0 aliphatic rings. The largest absolute Gasteiger partial charge is 0.343 e. The zero-order chi connectivity index (χ0) is 14.7. The summed E-state index contributed by atoms with van der Waals surface area (Å²) in [5.74, 6) is -0.0360. The van der Waals surface area contributed by atoms with E-state index in [-0.39, 0.29) is 11.5 Å². The van der Waals surface area contributed by atoms with E-state index in [1.165, 1.54) is 18.7 Å². The lowest BCUT2D eigenvalue weighted by molar-refractivity contribution is 0.101. The zero-order valence-corrected chi connectivity index (χ0v) is 12.7. The zero-order valence-electron chi connectivity index (χ0n) is 11.1. The first-order chi connectivity index (χ1) is 9.52. The summed E-state index contributed by atoms with van der Waals surface area (Å²) in [6, 6.07) is 5.10. The Morgan fingerprint density at radius 2 is 2.25 bits per heavy atom. The number of carbonyl (C=O) groups is 1. The van der Waals surface area contributed by atoms with Crippen molar-refractivity contribution in [3.8, 4) is 0 Å². The molecular weight excluding hydrogens is 298 g/mol. The van der Waals surface area contributed by atoms with Gasteiger partial charge < -0.3 is 0 Å². The fraction of sp³-hybridized carbons (Fsp3) is 0.308. The van der Waals surface area contributed by atoms with Crippen molar-refractivity contribution in [2.75, 3.05) is 0 Å². The molecule has 2 rings (SSSR count). The van der Waals surface area contributed by atoms with E-state index < -0.39 is 0 Å². The summed E-state index contributed by atoms with van der Waals surface area (Å²) in [4.78, 5) is 23.6. The maximum atomic E-state index is 11.6. The second-order valence-electron chi connectivity index (χ2n) is 4.27. The van der Waals surface area contributed by atoms with Crippen LogP contribution in [-0.2, 0) is 6.54 Å². The molecule has 1 N–H and O–H groups in total. The molecule has 1 heterocycles. The van der Waals surface area contributed by atoms with Crippen molar-refractivity contribution in [2.24, 2.45) is 0 Å². The highest BCUT2D eigenvalue weighted by molar-refractivity contribution is 7.99. The normalized spacial score (nSPS) is 10.8. The number of nitrogens with one attached hydrogen (secondary N) is 1. The van der Waals surface area contributed by atoms with E-state index in [1.807, 2.05) is 6.92 Å². The van der Waals surface area contributed by atoms with Crippen LogP contribution in [0.4, 0.5) is 0 Å². The van der Waals surface area contributed by atoms with Crippen LogP contribution in [0.25, 0.3) is 0 Å². The van der Waals surface area contributed by atoms with Crippen molar-refractivity contribution >= 4 is 29.1 Å². The Bertz CT molecular complexity index is 693. The van der Waals surface area contributed by atoms with E-state index in [0.717, 1.165) is 11.3 Å². The van der Waals surface area contributed by atoms with Gasteiger partial charge in [0.2, 0.25) is 0 Å². The van der Waals surface area contributed by atoms with Gasteiger partial charge in [-0.2, -0.15) is 0 Å². The second-order valence-corrected chi connectivity index (χ2v) is 5.68. The van der Waals surface area contributed by atoms with Crippen LogP contribution in [0, 0.1) is 0 Å². The fourth-order valence-corrected chi connectivity index (χ4v) is 2.86. The van der Waals surface area contributed by atoms with E-state index in [9.17, 15) is 9.59 Å². The number of carbonyl (C=O) groups excluding carboxylic acids is 1. The molecule has 1 aromatic carbocycles. The summed E-state index contributed by atoms with van der Waals surface area (Å²) >= 11 is 7.46. The number of benzene rings is 1. The van der Waals surface area contributed by atoms with Crippen LogP contribution in [-0.4, -0.2) is 20.5 Å². The Labute approximate surface area is 125 Å². The average Bonchev–Trinajstić information content (AvgIpc) is 2.74. The summed E-state index contributed by atoms with van der Waals surface area (Å²) in [6.45, 7) is 4.08. The topological polar surface area (TPSA) is 67.8 Å². The molecule has 0 atom stereocenters. The molecule has 0 spiro atoms. The number of Topliss-reactive ketones (excluding diaryl/α,β-unsaturated/α-hetero) is 1. The number of rotatable bonds is 5. The lowest BCUT2D eigenvalue weighted by atomic mass is 10.1. The van der Waals surface area contributed by atoms with Crippen LogP contribution in [0.5, 0.6) is 0 Å². The van der Waals surface area contributed by atoms with Gasteiger partial charge in [0.15, 0.2) is 10.9 Å². The summed E-state index contributed by atoms with van der Waals surface area (Å²) in [5, 5.41) is 7.46. The van der Waals surface area contributed by atoms with Gasteiger partial charge in [0.1, 0.15) is 0 Å². The van der Waals surface area contributed by atoms with E-state index in [1.54, 1.807) is 22.8 Å². The van der Waals surface area contributed by atoms with E-state index in [2.05, 4.69) is 10.2 Å². The first-order valence-corrected chi connectivity index (χ1v) is 7.36. The highest BCUT2D eigenvalue weighted by Crippen LogP contribution is 2.32. The first-order valence-electron chi connectivity index (χ1n) is 6.16. The summed E-state index contributed by atoms with van der Waals surface area (Å²) in [6.07, 6.45) is 0.837. The molecule has 0 saturated heterocycles. The SMILES string of the molecule is CCCn1c(Sc2ccc(C(C)=O)cc2Cl)n[nH]c1=O. The minimum absolute atomic E-state index is 0.0360. The molecule has 2 aromatic rings. The third-order valence-electron chi connectivity index (χ3n) is 2.71. The molecule has 0 bridgehead atoms. The van der Waals surface area contributed by atoms with Gasteiger partial charge in [0.05, 0.1) is 5.02 Å². The number of hydrogen-bond acceptors (Lipinski definition) is 4. The number of aromatic amines is 1. The van der Waals surface area contributed by atoms with Crippen molar-refractivity contribution < 1.29 is 4.79 Å². The molecule has 106 valence electrons. The predicted octanol–water partition coefficient (Wildman–Crippen LogP) is 2.99. The van der Waals surface area contributed by atoms with Gasteiger partial charge in [-0.15, -0.1) is 5.10 Å². The summed E-state index contributed by atoms with van der Waals surface area (Å²) in [7, 11) is 0. The van der Waals surface area contributed by atoms with Gasteiger partial charge in [-0.05, 0) is 37.2 Å². The number of aromatic nitrogens is 3. The predicted molar refractivity (Wildman–Crippen MR) is 78.7 cm³/mol. The van der Waals surface area contributed by atoms with Crippen LogP contribution in [0.15, 0.2) is 33.0 Å². The Balaban J connectivity index is 2.31. The Morgan fingerprint density at radius 3 is 2.85 bits per heavy atom.